The molecule has 1 aromatic rings. The lowest BCUT2D eigenvalue weighted by atomic mass is 10.2. The summed E-state index contributed by atoms with van der Waals surface area (Å²) < 4.78 is 0. The first kappa shape index (κ1) is 15.9. The molecule has 21 heavy (non-hydrogen) atoms. The van der Waals surface area contributed by atoms with Gasteiger partial charge in [0.15, 0.2) is 0 Å². The van der Waals surface area contributed by atoms with Gasteiger partial charge in [0.1, 0.15) is 0 Å². The second kappa shape index (κ2) is 8.05. The van der Waals surface area contributed by atoms with Crippen LogP contribution in [0.1, 0.15) is 5.56 Å². The van der Waals surface area contributed by atoms with Gasteiger partial charge in [-0.15, -0.1) is 11.8 Å². The average molecular weight is 302 g/mol. The van der Waals surface area contributed by atoms with Gasteiger partial charge in [-0.25, -0.2) is 0 Å². The van der Waals surface area contributed by atoms with Crippen LogP contribution in [-0.2, 0) is 4.79 Å². The van der Waals surface area contributed by atoms with Crippen molar-refractivity contribution in [1.29, 1.82) is 0 Å². The Labute approximate surface area is 131 Å². The molecule has 1 saturated heterocycles. The Morgan fingerprint density at radius 3 is 2.38 bits per heavy atom. The van der Waals surface area contributed by atoms with E-state index in [9.17, 15) is 4.79 Å². The molecule has 1 aliphatic heterocycles. The third-order valence-corrected chi connectivity index (χ3v) is 4.31. The summed E-state index contributed by atoms with van der Waals surface area (Å²) in [4.78, 5) is 17.4. The van der Waals surface area contributed by atoms with E-state index in [1.165, 1.54) is 4.90 Å². The van der Waals surface area contributed by atoms with Gasteiger partial charge < -0.3 is 9.80 Å². The fourth-order valence-electron chi connectivity index (χ4n) is 2.15. The second-order valence-electron chi connectivity index (χ2n) is 5.12. The maximum atomic E-state index is 12.0. The van der Waals surface area contributed by atoms with Gasteiger partial charge >= 0.3 is 0 Å². The fourth-order valence-corrected chi connectivity index (χ4v) is 2.56. The number of carbonyl (C=O) groups excluding carboxylic acids is 1. The molecule has 0 spiro atoms. The van der Waals surface area contributed by atoms with E-state index in [1.807, 2.05) is 23.1 Å². The molecule has 1 aromatic carbocycles. The molecule has 0 aliphatic carbocycles. The summed E-state index contributed by atoms with van der Waals surface area (Å²) >= 11 is 1.73. The smallest absolute Gasteiger partial charge is 0.246 e. The van der Waals surface area contributed by atoms with Crippen LogP contribution in [0.25, 0.3) is 6.08 Å². The lowest BCUT2D eigenvalue weighted by Gasteiger charge is -2.31. The summed E-state index contributed by atoms with van der Waals surface area (Å²) in [6.45, 7) is 3.55. The van der Waals surface area contributed by atoms with Crippen molar-refractivity contribution in [3.63, 3.8) is 0 Å². The highest BCUT2D eigenvalue weighted by Crippen LogP contribution is 2.15. The predicted octanol–water partition coefficient (Wildman–Crippen LogP) is 2.75. The molecule has 2 rings (SSSR count). The zero-order valence-electron chi connectivity index (χ0n) is 12.7. The van der Waals surface area contributed by atoms with Crippen molar-refractivity contribution in [2.45, 2.75) is 4.90 Å². The summed E-state index contributed by atoms with van der Waals surface area (Å²) in [5.74, 6) is 0.102. The van der Waals surface area contributed by atoms with Crippen LogP contribution in [-0.4, -0.2) is 55.2 Å². The molecule has 0 N–H and O–H groups in total. The molecule has 112 valence electrons. The molecular formula is C17H22N2OS. The van der Waals surface area contributed by atoms with Gasteiger partial charge in [-0.05, 0) is 31.0 Å². The number of amides is 1. The van der Waals surface area contributed by atoms with Crippen LogP contribution in [0, 0.1) is 0 Å². The van der Waals surface area contributed by atoms with Crippen molar-refractivity contribution >= 4 is 23.7 Å². The predicted molar refractivity (Wildman–Crippen MR) is 90.5 cm³/mol. The topological polar surface area (TPSA) is 23.6 Å². The van der Waals surface area contributed by atoms with E-state index in [0.717, 1.165) is 31.7 Å². The van der Waals surface area contributed by atoms with Crippen LogP contribution in [0.2, 0.25) is 0 Å². The largest absolute Gasteiger partial charge is 0.337 e. The van der Waals surface area contributed by atoms with Crippen LogP contribution in [0.4, 0.5) is 0 Å². The van der Waals surface area contributed by atoms with Gasteiger partial charge in [0.2, 0.25) is 5.91 Å². The van der Waals surface area contributed by atoms with Gasteiger partial charge in [0, 0.05) is 37.2 Å². The molecule has 3 nitrogen and oxygen atoms in total. The minimum Gasteiger partial charge on any atom is -0.337 e. The number of benzene rings is 1. The number of nitrogens with zero attached hydrogens (tertiary/aromatic N) is 2. The Bertz CT molecular complexity index is 514. The maximum Gasteiger partial charge on any atom is 0.246 e. The summed E-state index contributed by atoms with van der Waals surface area (Å²) in [5.41, 5.74) is 1.14. The maximum absolute atomic E-state index is 12.0. The van der Waals surface area contributed by atoms with Gasteiger partial charge in [-0.3, -0.25) is 4.79 Å². The molecule has 1 amide bonds. The standard InChI is InChI=1S/C17H22N2OS/c1-18-11-13-19(14-12-18)17(20)6-4-3-5-15-7-9-16(21-2)10-8-15/h3-10H,11-14H2,1-2H3/b5-3+,6-4+. The van der Waals surface area contributed by atoms with Crippen LogP contribution in [0.3, 0.4) is 0 Å². The number of allylic oxidation sites excluding steroid dienone is 2. The molecule has 4 heteroatoms. The van der Waals surface area contributed by atoms with Crippen LogP contribution < -0.4 is 0 Å². The lowest BCUT2D eigenvalue weighted by Crippen LogP contribution is -2.46. The highest BCUT2D eigenvalue weighted by Gasteiger charge is 2.16. The first-order chi connectivity index (χ1) is 10.2. The Balaban J connectivity index is 1.83. The monoisotopic (exact) mass is 302 g/mol. The second-order valence-corrected chi connectivity index (χ2v) is 6.00. The summed E-state index contributed by atoms with van der Waals surface area (Å²) in [7, 11) is 2.09. The number of carbonyl (C=O) groups is 1. The number of likely N-dealkylation sites (N-methyl/N-ethyl adjacent to an activating group) is 1. The Morgan fingerprint density at radius 1 is 1.10 bits per heavy atom. The first-order valence-electron chi connectivity index (χ1n) is 7.15. The highest BCUT2D eigenvalue weighted by molar-refractivity contribution is 7.98. The molecule has 1 aliphatic rings. The third-order valence-electron chi connectivity index (χ3n) is 3.57. The molecule has 0 aromatic heterocycles. The SMILES string of the molecule is CSc1ccc(/C=C/C=C/C(=O)N2CCN(C)CC2)cc1. The molecule has 0 saturated carbocycles. The zero-order chi connectivity index (χ0) is 15.1. The van der Waals surface area contributed by atoms with Crippen molar-refractivity contribution in [2.24, 2.45) is 0 Å². The summed E-state index contributed by atoms with van der Waals surface area (Å²) in [5, 5.41) is 0. The molecule has 0 bridgehead atoms. The van der Waals surface area contributed by atoms with Crippen molar-refractivity contribution in [2.75, 3.05) is 39.5 Å². The summed E-state index contributed by atoms with van der Waals surface area (Å²) in [6, 6.07) is 8.36. The fraction of sp³-hybridized carbons (Fsp3) is 0.353. The minimum atomic E-state index is 0.102. The number of hydrogen-bond donors (Lipinski definition) is 0. The normalized spacial score (nSPS) is 17.0. The molecule has 0 atom stereocenters. The lowest BCUT2D eigenvalue weighted by molar-refractivity contribution is -0.127. The third kappa shape index (κ3) is 5.06. The van der Waals surface area contributed by atoms with Crippen LogP contribution in [0.15, 0.2) is 47.4 Å². The molecule has 0 radical (unpaired) electrons. The van der Waals surface area contributed by atoms with Gasteiger partial charge in [0.25, 0.3) is 0 Å². The van der Waals surface area contributed by atoms with E-state index in [0.29, 0.717) is 0 Å². The number of rotatable bonds is 4. The number of hydrogen-bond acceptors (Lipinski definition) is 3. The van der Waals surface area contributed by atoms with Crippen LogP contribution >= 0.6 is 11.8 Å². The van der Waals surface area contributed by atoms with E-state index >= 15 is 0 Å². The van der Waals surface area contributed by atoms with Crippen molar-refractivity contribution in [3.05, 3.63) is 48.1 Å². The molecule has 0 unspecified atom stereocenters. The molecular weight excluding hydrogens is 280 g/mol. The number of thioether (sulfide) groups is 1. The molecule has 1 fully saturated rings. The van der Waals surface area contributed by atoms with Crippen molar-refractivity contribution < 1.29 is 4.79 Å². The van der Waals surface area contributed by atoms with E-state index in [-0.39, 0.29) is 5.91 Å². The zero-order valence-corrected chi connectivity index (χ0v) is 13.5. The Kier molecular flexibility index (Phi) is 6.08. The first-order valence-corrected chi connectivity index (χ1v) is 8.38. The molecule has 1 heterocycles. The van der Waals surface area contributed by atoms with Crippen molar-refractivity contribution in [3.8, 4) is 0 Å². The van der Waals surface area contributed by atoms with E-state index < -0.39 is 0 Å². The van der Waals surface area contributed by atoms with Crippen molar-refractivity contribution in [1.82, 2.24) is 9.80 Å². The quantitative estimate of drug-likeness (QED) is 0.485. The minimum absolute atomic E-state index is 0.102. The van der Waals surface area contributed by atoms with Gasteiger partial charge in [-0.1, -0.05) is 30.4 Å². The van der Waals surface area contributed by atoms with E-state index in [1.54, 1.807) is 17.8 Å². The Morgan fingerprint density at radius 2 is 1.76 bits per heavy atom. The average Bonchev–Trinajstić information content (AvgIpc) is 2.52. The Hall–Kier alpha value is -1.52. The van der Waals surface area contributed by atoms with Gasteiger partial charge in [-0.2, -0.15) is 0 Å². The van der Waals surface area contributed by atoms with Gasteiger partial charge in [0.05, 0.1) is 0 Å². The highest BCUT2D eigenvalue weighted by atomic mass is 32.2. The summed E-state index contributed by atoms with van der Waals surface area (Å²) in [6.07, 6.45) is 9.47. The van der Waals surface area contributed by atoms with Crippen LogP contribution in [0.5, 0.6) is 0 Å². The number of piperazine rings is 1. The van der Waals surface area contributed by atoms with E-state index in [4.69, 9.17) is 0 Å². The van der Waals surface area contributed by atoms with E-state index in [2.05, 4.69) is 42.5 Å².